The van der Waals surface area contributed by atoms with Crippen molar-refractivity contribution in [2.75, 3.05) is 13.2 Å². The Kier molecular flexibility index (Phi) is 3.00. The van der Waals surface area contributed by atoms with Crippen molar-refractivity contribution >= 4 is 0 Å². The van der Waals surface area contributed by atoms with E-state index in [1.165, 1.54) is 38.5 Å². The molecule has 0 spiro atoms. The van der Waals surface area contributed by atoms with Crippen molar-refractivity contribution in [1.29, 1.82) is 0 Å². The molecule has 1 heterocycles. The lowest BCUT2D eigenvalue weighted by atomic mass is 9.46. The second-order valence-corrected chi connectivity index (χ2v) is 8.38. The van der Waals surface area contributed by atoms with Crippen molar-refractivity contribution in [3.05, 3.63) is 0 Å². The highest BCUT2D eigenvalue weighted by Gasteiger charge is 2.66. The fraction of sp³-hybridized carbons (Fsp3) is 1.00. The van der Waals surface area contributed by atoms with Crippen LogP contribution in [0.15, 0.2) is 0 Å². The van der Waals surface area contributed by atoms with Gasteiger partial charge in [-0.2, -0.15) is 0 Å². The van der Waals surface area contributed by atoms with Gasteiger partial charge in [-0.15, -0.1) is 0 Å². The minimum atomic E-state index is -0.0693. The summed E-state index contributed by atoms with van der Waals surface area (Å²) >= 11 is 0. The Labute approximate surface area is 123 Å². The van der Waals surface area contributed by atoms with E-state index in [0.29, 0.717) is 12.0 Å². The average molecular weight is 278 g/mol. The van der Waals surface area contributed by atoms with Crippen molar-refractivity contribution in [3.8, 4) is 0 Å². The molecule has 0 aromatic carbocycles. The zero-order valence-corrected chi connectivity index (χ0v) is 13.0. The summed E-state index contributed by atoms with van der Waals surface area (Å²) in [6, 6.07) is 0.759. The minimum Gasteiger partial charge on any atom is -0.377 e. The van der Waals surface area contributed by atoms with Gasteiger partial charge in [0.1, 0.15) is 0 Å². The molecule has 114 valence electrons. The number of fused-ring (bicyclic) bond motifs is 1. The molecule has 3 heteroatoms. The third kappa shape index (κ3) is 1.89. The number of ether oxygens (including phenoxy) is 1. The fourth-order valence-corrected chi connectivity index (χ4v) is 4.94. The molecule has 4 fully saturated rings. The van der Waals surface area contributed by atoms with Crippen LogP contribution in [0.3, 0.4) is 0 Å². The summed E-state index contributed by atoms with van der Waals surface area (Å²) in [5.41, 5.74) is 6.93. The van der Waals surface area contributed by atoms with Gasteiger partial charge >= 0.3 is 0 Å². The molecule has 4 aliphatic rings. The first-order chi connectivity index (χ1) is 9.54. The van der Waals surface area contributed by atoms with Gasteiger partial charge in [-0.3, -0.25) is 0 Å². The Balaban J connectivity index is 1.43. The van der Waals surface area contributed by atoms with E-state index in [2.05, 4.69) is 19.2 Å². The SMILES string of the molecule is CC1(C)C2OCCCC2C1(N)CNC(C1CC1)C1CC1. The zero-order chi connectivity index (χ0) is 14.0. The van der Waals surface area contributed by atoms with Gasteiger partial charge in [0.05, 0.1) is 6.10 Å². The lowest BCUT2D eigenvalue weighted by Gasteiger charge is -2.67. The molecule has 0 aromatic rings. The van der Waals surface area contributed by atoms with Crippen LogP contribution in [0.25, 0.3) is 0 Å². The summed E-state index contributed by atoms with van der Waals surface area (Å²) < 4.78 is 6.01. The molecule has 3 nitrogen and oxygen atoms in total. The number of hydrogen-bond acceptors (Lipinski definition) is 3. The van der Waals surface area contributed by atoms with Crippen LogP contribution in [0, 0.1) is 23.2 Å². The second kappa shape index (κ2) is 4.44. The normalized spacial score (nSPS) is 43.2. The Hall–Kier alpha value is -0.120. The zero-order valence-electron chi connectivity index (χ0n) is 13.0. The Morgan fingerprint density at radius 3 is 2.40 bits per heavy atom. The highest BCUT2D eigenvalue weighted by molar-refractivity contribution is 5.21. The maximum absolute atomic E-state index is 6.88. The first kappa shape index (κ1) is 13.5. The largest absolute Gasteiger partial charge is 0.377 e. The summed E-state index contributed by atoms with van der Waals surface area (Å²) in [5.74, 6) is 2.47. The number of rotatable bonds is 5. The van der Waals surface area contributed by atoms with E-state index in [1.54, 1.807) is 0 Å². The predicted molar refractivity (Wildman–Crippen MR) is 80.4 cm³/mol. The van der Waals surface area contributed by atoms with Crippen LogP contribution in [0.4, 0.5) is 0 Å². The maximum Gasteiger partial charge on any atom is 0.0690 e. The molecule has 3 saturated carbocycles. The fourth-order valence-electron chi connectivity index (χ4n) is 4.94. The highest BCUT2D eigenvalue weighted by atomic mass is 16.5. The Morgan fingerprint density at radius 2 is 1.80 bits per heavy atom. The third-order valence-corrected chi connectivity index (χ3v) is 6.78. The van der Waals surface area contributed by atoms with E-state index >= 15 is 0 Å². The molecule has 20 heavy (non-hydrogen) atoms. The quantitative estimate of drug-likeness (QED) is 0.811. The third-order valence-electron chi connectivity index (χ3n) is 6.78. The summed E-state index contributed by atoms with van der Waals surface area (Å²) in [6.45, 7) is 6.54. The lowest BCUT2D eigenvalue weighted by Crippen LogP contribution is -2.80. The van der Waals surface area contributed by atoms with E-state index in [9.17, 15) is 0 Å². The molecule has 3 N–H and O–H groups in total. The molecule has 4 rings (SSSR count). The van der Waals surface area contributed by atoms with Gasteiger partial charge < -0.3 is 15.8 Å². The summed E-state index contributed by atoms with van der Waals surface area (Å²) in [4.78, 5) is 0. The Morgan fingerprint density at radius 1 is 1.15 bits per heavy atom. The van der Waals surface area contributed by atoms with E-state index < -0.39 is 0 Å². The molecule has 1 saturated heterocycles. The monoisotopic (exact) mass is 278 g/mol. The van der Waals surface area contributed by atoms with Crippen LogP contribution in [0.2, 0.25) is 0 Å². The number of hydrogen-bond donors (Lipinski definition) is 2. The van der Waals surface area contributed by atoms with Gasteiger partial charge in [-0.25, -0.2) is 0 Å². The van der Waals surface area contributed by atoms with E-state index in [-0.39, 0.29) is 11.0 Å². The van der Waals surface area contributed by atoms with Crippen LogP contribution in [0.1, 0.15) is 52.4 Å². The van der Waals surface area contributed by atoms with E-state index in [4.69, 9.17) is 10.5 Å². The van der Waals surface area contributed by atoms with Gasteiger partial charge in [-0.1, -0.05) is 13.8 Å². The van der Waals surface area contributed by atoms with Gasteiger partial charge in [0.2, 0.25) is 0 Å². The minimum absolute atomic E-state index is 0.0693. The van der Waals surface area contributed by atoms with E-state index in [0.717, 1.165) is 31.0 Å². The molecule has 3 unspecified atom stereocenters. The van der Waals surface area contributed by atoms with Crippen molar-refractivity contribution in [1.82, 2.24) is 5.32 Å². The number of nitrogens with one attached hydrogen (secondary N) is 1. The number of nitrogens with two attached hydrogens (primary N) is 1. The molecular weight excluding hydrogens is 248 g/mol. The summed E-state index contributed by atoms with van der Waals surface area (Å²) in [7, 11) is 0. The van der Waals surface area contributed by atoms with Gasteiger partial charge in [0.15, 0.2) is 0 Å². The molecule has 0 bridgehead atoms. The van der Waals surface area contributed by atoms with Crippen LogP contribution >= 0.6 is 0 Å². The topological polar surface area (TPSA) is 47.3 Å². The van der Waals surface area contributed by atoms with Gasteiger partial charge in [0, 0.05) is 36.1 Å². The molecule has 3 aliphatic carbocycles. The first-order valence-corrected chi connectivity index (χ1v) is 8.68. The molecule has 0 radical (unpaired) electrons. The molecule has 0 amide bonds. The average Bonchev–Trinajstić information content (AvgIpc) is 3.32. The predicted octanol–water partition coefficient (Wildman–Crippen LogP) is 2.30. The standard InChI is InChI=1S/C17H30N2O/c1-16(2)15-13(4-3-9-20-15)17(16,18)10-19-14(11-5-6-11)12-7-8-12/h11-15,19H,3-10,18H2,1-2H3. The van der Waals surface area contributed by atoms with E-state index in [1.807, 2.05) is 0 Å². The smallest absolute Gasteiger partial charge is 0.0690 e. The van der Waals surface area contributed by atoms with Crippen molar-refractivity contribution in [2.45, 2.75) is 70.1 Å². The summed E-state index contributed by atoms with van der Waals surface area (Å²) in [6.07, 6.45) is 8.57. The Bertz CT molecular complexity index is 376. The van der Waals surface area contributed by atoms with Crippen LogP contribution in [-0.2, 0) is 4.74 Å². The second-order valence-electron chi connectivity index (χ2n) is 8.38. The van der Waals surface area contributed by atoms with Gasteiger partial charge in [0.25, 0.3) is 0 Å². The van der Waals surface area contributed by atoms with Crippen LogP contribution in [0.5, 0.6) is 0 Å². The lowest BCUT2D eigenvalue weighted by molar-refractivity contribution is -0.226. The highest BCUT2D eigenvalue weighted by Crippen LogP contribution is 2.57. The van der Waals surface area contributed by atoms with Crippen molar-refractivity contribution in [3.63, 3.8) is 0 Å². The first-order valence-electron chi connectivity index (χ1n) is 8.68. The van der Waals surface area contributed by atoms with Crippen LogP contribution < -0.4 is 11.1 Å². The molecule has 3 atom stereocenters. The van der Waals surface area contributed by atoms with Crippen LogP contribution in [-0.4, -0.2) is 30.8 Å². The molecule has 1 aliphatic heterocycles. The molecule has 0 aromatic heterocycles. The summed E-state index contributed by atoms with van der Waals surface area (Å²) in [5, 5.41) is 3.89. The van der Waals surface area contributed by atoms with Crippen molar-refractivity contribution in [2.24, 2.45) is 28.9 Å². The maximum atomic E-state index is 6.88. The molecular formula is C17H30N2O. The van der Waals surface area contributed by atoms with Gasteiger partial charge in [-0.05, 0) is 50.4 Å². The van der Waals surface area contributed by atoms with Crippen molar-refractivity contribution < 1.29 is 4.74 Å².